The number of carboxylic acids is 1. The largest absolute Gasteiger partial charge is 0.482 e. The third-order valence-electron chi connectivity index (χ3n) is 3.45. The summed E-state index contributed by atoms with van der Waals surface area (Å²) in [5, 5.41) is 8.89. The molecule has 0 atom stereocenters. The SMILES string of the molecule is C=C(C)CN(CCC(=O)O)c1ccc2c(c1)N(C)C(=O)CO2. The molecule has 1 heterocycles. The maximum atomic E-state index is 11.7. The summed E-state index contributed by atoms with van der Waals surface area (Å²) in [5.74, 6) is -0.304. The van der Waals surface area contributed by atoms with E-state index in [1.165, 1.54) is 0 Å². The first-order valence-electron chi connectivity index (χ1n) is 7.03. The third kappa shape index (κ3) is 3.58. The molecule has 1 aliphatic heterocycles. The van der Waals surface area contributed by atoms with Crippen molar-refractivity contribution in [3.63, 3.8) is 0 Å². The minimum Gasteiger partial charge on any atom is -0.482 e. The Bertz CT molecular complexity index is 612. The number of amides is 1. The zero-order valence-corrected chi connectivity index (χ0v) is 12.8. The minimum atomic E-state index is -0.847. The van der Waals surface area contributed by atoms with E-state index in [0.717, 1.165) is 11.3 Å². The van der Waals surface area contributed by atoms with Crippen LogP contribution in [0.15, 0.2) is 30.4 Å². The lowest BCUT2D eigenvalue weighted by Gasteiger charge is -2.29. The van der Waals surface area contributed by atoms with Crippen LogP contribution in [0.3, 0.4) is 0 Å². The summed E-state index contributed by atoms with van der Waals surface area (Å²) in [6.45, 7) is 6.75. The molecule has 6 nitrogen and oxygen atoms in total. The highest BCUT2D eigenvalue weighted by atomic mass is 16.5. The standard InChI is InChI=1S/C16H20N2O4/c1-11(2)9-18(7-6-16(20)21)12-4-5-14-13(8-12)17(3)15(19)10-22-14/h4-5,8H,1,6-7,9-10H2,2-3H3,(H,20,21). The zero-order valence-electron chi connectivity index (χ0n) is 12.8. The van der Waals surface area contributed by atoms with Crippen LogP contribution in [-0.2, 0) is 9.59 Å². The summed E-state index contributed by atoms with van der Waals surface area (Å²) >= 11 is 0. The molecule has 22 heavy (non-hydrogen) atoms. The summed E-state index contributed by atoms with van der Waals surface area (Å²) in [7, 11) is 1.70. The van der Waals surface area contributed by atoms with Gasteiger partial charge in [-0.15, -0.1) is 0 Å². The predicted molar refractivity (Wildman–Crippen MR) is 84.6 cm³/mol. The number of anilines is 2. The van der Waals surface area contributed by atoms with Gasteiger partial charge in [0.15, 0.2) is 6.61 Å². The van der Waals surface area contributed by atoms with E-state index in [0.29, 0.717) is 24.5 Å². The molecule has 1 amide bonds. The van der Waals surface area contributed by atoms with Crippen molar-refractivity contribution < 1.29 is 19.4 Å². The van der Waals surface area contributed by atoms with Gasteiger partial charge in [0.1, 0.15) is 5.75 Å². The Morgan fingerprint density at radius 1 is 1.50 bits per heavy atom. The van der Waals surface area contributed by atoms with E-state index >= 15 is 0 Å². The van der Waals surface area contributed by atoms with E-state index in [1.54, 1.807) is 18.0 Å². The van der Waals surface area contributed by atoms with E-state index in [9.17, 15) is 9.59 Å². The van der Waals surface area contributed by atoms with E-state index in [1.807, 2.05) is 24.0 Å². The first-order valence-corrected chi connectivity index (χ1v) is 7.03. The molecule has 1 aromatic carbocycles. The molecule has 1 aromatic rings. The second-order valence-electron chi connectivity index (χ2n) is 5.42. The zero-order chi connectivity index (χ0) is 16.3. The lowest BCUT2D eigenvalue weighted by molar-refractivity contribution is -0.136. The number of hydrogen-bond acceptors (Lipinski definition) is 4. The normalized spacial score (nSPS) is 13.4. The summed E-state index contributed by atoms with van der Waals surface area (Å²) in [4.78, 5) is 26.0. The van der Waals surface area contributed by atoms with Crippen molar-refractivity contribution in [2.45, 2.75) is 13.3 Å². The van der Waals surface area contributed by atoms with Gasteiger partial charge >= 0.3 is 5.97 Å². The van der Waals surface area contributed by atoms with Crippen LogP contribution in [0.2, 0.25) is 0 Å². The number of nitrogens with zero attached hydrogens (tertiary/aromatic N) is 2. The molecule has 6 heteroatoms. The van der Waals surface area contributed by atoms with Gasteiger partial charge in [-0.1, -0.05) is 12.2 Å². The monoisotopic (exact) mass is 304 g/mol. The molecule has 0 unspecified atom stereocenters. The lowest BCUT2D eigenvalue weighted by Crippen LogP contribution is -2.36. The van der Waals surface area contributed by atoms with Crippen LogP contribution in [0, 0.1) is 0 Å². The van der Waals surface area contributed by atoms with Crippen molar-refractivity contribution in [2.75, 3.05) is 36.5 Å². The molecule has 0 spiro atoms. The molecule has 0 bridgehead atoms. The van der Waals surface area contributed by atoms with Gasteiger partial charge in [0.25, 0.3) is 5.91 Å². The van der Waals surface area contributed by atoms with E-state index in [4.69, 9.17) is 9.84 Å². The number of ether oxygens (including phenoxy) is 1. The van der Waals surface area contributed by atoms with Crippen LogP contribution in [-0.4, -0.2) is 43.7 Å². The molecule has 118 valence electrons. The molecule has 1 aliphatic rings. The topological polar surface area (TPSA) is 70.1 Å². The fourth-order valence-electron chi connectivity index (χ4n) is 2.31. The lowest BCUT2D eigenvalue weighted by atomic mass is 10.2. The molecular formula is C16H20N2O4. The second-order valence-corrected chi connectivity index (χ2v) is 5.42. The van der Waals surface area contributed by atoms with Crippen molar-refractivity contribution >= 4 is 23.3 Å². The van der Waals surface area contributed by atoms with Gasteiger partial charge in [-0.2, -0.15) is 0 Å². The minimum absolute atomic E-state index is 0.0373. The molecule has 0 aliphatic carbocycles. The number of fused-ring (bicyclic) bond motifs is 1. The quantitative estimate of drug-likeness (QED) is 0.813. The van der Waals surface area contributed by atoms with Gasteiger partial charge in [-0.25, -0.2) is 0 Å². The first kappa shape index (κ1) is 15.9. The third-order valence-corrected chi connectivity index (χ3v) is 3.45. The fraction of sp³-hybridized carbons (Fsp3) is 0.375. The predicted octanol–water partition coefficient (Wildman–Crippen LogP) is 1.90. The smallest absolute Gasteiger partial charge is 0.305 e. The van der Waals surface area contributed by atoms with Crippen molar-refractivity contribution in [2.24, 2.45) is 0 Å². The van der Waals surface area contributed by atoms with Crippen LogP contribution in [0.4, 0.5) is 11.4 Å². The maximum absolute atomic E-state index is 11.7. The Kier molecular flexibility index (Phi) is 4.70. The number of rotatable bonds is 6. The number of carbonyl (C=O) groups excluding carboxylic acids is 1. The van der Waals surface area contributed by atoms with Crippen molar-refractivity contribution in [1.82, 2.24) is 0 Å². The highest BCUT2D eigenvalue weighted by molar-refractivity contribution is 5.97. The van der Waals surface area contributed by atoms with Crippen LogP contribution < -0.4 is 14.5 Å². The molecule has 2 rings (SSSR count). The first-order chi connectivity index (χ1) is 10.4. The van der Waals surface area contributed by atoms with Gasteiger partial charge in [-0.05, 0) is 25.1 Å². The maximum Gasteiger partial charge on any atom is 0.305 e. The molecule has 0 radical (unpaired) electrons. The van der Waals surface area contributed by atoms with Crippen molar-refractivity contribution in [1.29, 1.82) is 0 Å². The van der Waals surface area contributed by atoms with Gasteiger partial charge in [-0.3, -0.25) is 9.59 Å². The number of carboxylic acid groups (broad SMARTS) is 1. The molecule has 0 saturated carbocycles. The Morgan fingerprint density at radius 2 is 2.23 bits per heavy atom. The molecule has 0 saturated heterocycles. The Labute approximate surface area is 129 Å². The Hall–Kier alpha value is -2.50. The van der Waals surface area contributed by atoms with Gasteiger partial charge in [0.05, 0.1) is 12.1 Å². The summed E-state index contributed by atoms with van der Waals surface area (Å²) in [6.07, 6.45) is 0.0373. The molecule has 0 aromatic heterocycles. The highest BCUT2D eigenvalue weighted by Gasteiger charge is 2.23. The summed E-state index contributed by atoms with van der Waals surface area (Å²) in [5.41, 5.74) is 2.47. The van der Waals surface area contributed by atoms with Crippen molar-refractivity contribution in [3.05, 3.63) is 30.4 Å². The summed E-state index contributed by atoms with van der Waals surface area (Å²) in [6, 6.07) is 5.52. The second kappa shape index (κ2) is 6.51. The van der Waals surface area contributed by atoms with E-state index < -0.39 is 5.97 Å². The van der Waals surface area contributed by atoms with Gasteiger partial charge < -0.3 is 19.6 Å². The Balaban J connectivity index is 2.29. The number of hydrogen-bond donors (Lipinski definition) is 1. The number of aliphatic carboxylic acids is 1. The van der Waals surface area contributed by atoms with Crippen LogP contribution in [0.1, 0.15) is 13.3 Å². The summed E-state index contributed by atoms with van der Waals surface area (Å²) < 4.78 is 5.40. The Morgan fingerprint density at radius 3 is 2.86 bits per heavy atom. The van der Waals surface area contributed by atoms with Crippen LogP contribution in [0.5, 0.6) is 5.75 Å². The van der Waals surface area contributed by atoms with Crippen LogP contribution >= 0.6 is 0 Å². The fourth-order valence-corrected chi connectivity index (χ4v) is 2.31. The molecule has 1 N–H and O–H groups in total. The van der Waals surface area contributed by atoms with Crippen LogP contribution in [0.25, 0.3) is 0 Å². The van der Waals surface area contributed by atoms with E-state index in [-0.39, 0.29) is 18.9 Å². The molecule has 0 fully saturated rings. The van der Waals surface area contributed by atoms with E-state index in [2.05, 4.69) is 6.58 Å². The van der Waals surface area contributed by atoms with Gasteiger partial charge in [0, 0.05) is 25.8 Å². The molecular weight excluding hydrogens is 284 g/mol. The number of benzene rings is 1. The average Bonchev–Trinajstić information content (AvgIpc) is 2.46. The number of likely N-dealkylation sites (N-methyl/N-ethyl adjacent to an activating group) is 1. The van der Waals surface area contributed by atoms with Crippen molar-refractivity contribution in [3.8, 4) is 5.75 Å². The number of carbonyl (C=O) groups is 2. The van der Waals surface area contributed by atoms with Gasteiger partial charge in [0.2, 0.25) is 0 Å². The highest BCUT2D eigenvalue weighted by Crippen LogP contribution is 2.35. The average molecular weight is 304 g/mol.